The molecule has 0 unspecified atom stereocenters. The normalized spacial score (nSPS) is 10.0. The monoisotopic (exact) mass is 296 g/mol. The number of carbonyl (C=O) groups excluding carboxylic acids is 2. The molecule has 0 atom stereocenters. The lowest BCUT2D eigenvalue weighted by Gasteiger charge is -2.07. The van der Waals surface area contributed by atoms with Crippen molar-refractivity contribution in [2.75, 3.05) is 0 Å². The first-order chi connectivity index (χ1) is 10.6. The van der Waals surface area contributed by atoms with E-state index in [2.05, 4.69) is 10.6 Å². The van der Waals surface area contributed by atoms with E-state index in [-0.39, 0.29) is 18.2 Å². The van der Waals surface area contributed by atoms with Gasteiger partial charge in [0.2, 0.25) is 11.8 Å². The molecule has 0 spiro atoms. The van der Waals surface area contributed by atoms with Crippen molar-refractivity contribution in [3.8, 4) is 0 Å². The second-order valence-corrected chi connectivity index (χ2v) is 5.20. The van der Waals surface area contributed by atoms with E-state index in [0.29, 0.717) is 13.1 Å². The van der Waals surface area contributed by atoms with Gasteiger partial charge in [0, 0.05) is 13.1 Å². The molecule has 0 saturated heterocycles. The van der Waals surface area contributed by atoms with Gasteiger partial charge in [-0.15, -0.1) is 0 Å². The average molecular weight is 296 g/mol. The lowest BCUT2D eigenvalue weighted by Crippen LogP contribution is -2.31. The number of hydrogen-bond donors (Lipinski definition) is 2. The zero-order chi connectivity index (χ0) is 15.8. The molecule has 0 aliphatic heterocycles. The van der Waals surface area contributed by atoms with Crippen LogP contribution in [-0.2, 0) is 22.7 Å². The second kappa shape index (κ2) is 7.98. The Bertz CT molecular complexity index is 639. The van der Waals surface area contributed by atoms with Crippen molar-refractivity contribution in [3.05, 3.63) is 71.3 Å². The lowest BCUT2D eigenvalue weighted by atomic mass is 10.1. The Labute approximate surface area is 130 Å². The van der Waals surface area contributed by atoms with E-state index in [0.717, 1.165) is 16.7 Å². The highest BCUT2D eigenvalue weighted by Gasteiger charge is 2.08. The maximum Gasteiger partial charge on any atom is 0.229 e. The number of nitrogens with one attached hydrogen (secondary N) is 2. The number of aryl methyl sites for hydroxylation is 1. The average Bonchev–Trinajstić information content (AvgIpc) is 2.52. The maximum atomic E-state index is 11.8. The highest BCUT2D eigenvalue weighted by Crippen LogP contribution is 2.03. The fourth-order valence-electron chi connectivity index (χ4n) is 2.09. The number of rotatable bonds is 6. The lowest BCUT2D eigenvalue weighted by molar-refractivity contribution is -0.129. The van der Waals surface area contributed by atoms with Crippen LogP contribution in [-0.4, -0.2) is 11.8 Å². The predicted octanol–water partition coefficient (Wildman–Crippen LogP) is 2.32. The van der Waals surface area contributed by atoms with Crippen molar-refractivity contribution in [2.24, 2.45) is 0 Å². The third kappa shape index (κ3) is 5.40. The molecule has 0 aromatic heterocycles. The minimum absolute atomic E-state index is 0.154. The fourth-order valence-corrected chi connectivity index (χ4v) is 2.09. The summed E-state index contributed by atoms with van der Waals surface area (Å²) in [7, 11) is 0. The SMILES string of the molecule is Cc1cccc(CNC(=O)CC(=O)NCc2ccccc2)c1. The Kier molecular flexibility index (Phi) is 5.72. The van der Waals surface area contributed by atoms with E-state index < -0.39 is 0 Å². The van der Waals surface area contributed by atoms with Crippen LogP contribution in [0.5, 0.6) is 0 Å². The quantitative estimate of drug-likeness (QED) is 0.804. The Balaban J connectivity index is 1.71. The first kappa shape index (κ1) is 15.8. The van der Waals surface area contributed by atoms with Crippen LogP contribution in [0, 0.1) is 6.92 Å². The van der Waals surface area contributed by atoms with Gasteiger partial charge in [-0.25, -0.2) is 0 Å². The van der Waals surface area contributed by atoms with Gasteiger partial charge in [0.1, 0.15) is 6.42 Å². The van der Waals surface area contributed by atoms with Crippen molar-refractivity contribution in [1.29, 1.82) is 0 Å². The van der Waals surface area contributed by atoms with Crippen LogP contribution in [0.2, 0.25) is 0 Å². The van der Waals surface area contributed by atoms with Gasteiger partial charge in [-0.05, 0) is 18.1 Å². The maximum absolute atomic E-state index is 11.8. The van der Waals surface area contributed by atoms with E-state index in [1.54, 1.807) is 0 Å². The zero-order valence-corrected chi connectivity index (χ0v) is 12.6. The molecule has 4 nitrogen and oxygen atoms in total. The van der Waals surface area contributed by atoms with Gasteiger partial charge in [-0.3, -0.25) is 9.59 Å². The molecule has 2 N–H and O–H groups in total. The Morgan fingerprint density at radius 3 is 2.05 bits per heavy atom. The molecule has 0 bridgehead atoms. The smallest absolute Gasteiger partial charge is 0.229 e. The van der Waals surface area contributed by atoms with Crippen molar-refractivity contribution < 1.29 is 9.59 Å². The molecular weight excluding hydrogens is 276 g/mol. The topological polar surface area (TPSA) is 58.2 Å². The fraction of sp³-hybridized carbons (Fsp3) is 0.222. The standard InChI is InChI=1S/C18H20N2O2/c1-14-6-5-9-16(10-14)13-20-18(22)11-17(21)19-12-15-7-3-2-4-8-15/h2-10H,11-13H2,1H3,(H,19,21)(H,20,22). The van der Waals surface area contributed by atoms with Crippen LogP contribution in [0.4, 0.5) is 0 Å². The Hall–Kier alpha value is -2.62. The summed E-state index contributed by atoms with van der Waals surface area (Å²) in [6, 6.07) is 17.5. The van der Waals surface area contributed by atoms with Gasteiger partial charge in [0.05, 0.1) is 0 Å². The first-order valence-corrected chi connectivity index (χ1v) is 7.26. The minimum Gasteiger partial charge on any atom is -0.352 e. The van der Waals surface area contributed by atoms with E-state index >= 15 is 0 Å². The summed E-state index contributed by atoms with van der Waals surface area (Å²) in [4.78, 5) is 23.5. The van der Waals surface area contributed by atoms with Crippen molar-refractivity contribution in [2.45, 2.75) is 26.4 Å². The number of hydrogen-bond acceptors (Lipinski definition) is 2. The number of carbonyl (C=O) groups is 2. The van der Waals surface area contributed by atoms with Gasteiger partial charge in [0.15, 0.2) is 0 Å². The summed E-state index contributed by atoms with van der Waals surface area (Å²) < 4.78 is 0. The molecule has 2 aromatic carbocycles. The molecule has 0 aliphatic rings. The summed E-state index contributed by atoms with van der Waals surface area (Å²) in [6.07, 6.45) is -0.154. The third-order valence-corrected chi connectivity index (χ3v) is 3.23. The molecule has 114 valence electrons. The zero-order valence-electron chi connectivity index (χ0n) is 12.6. The second-order valence-electron chi connectivity index (χ2n) is 5.20. The summed E-state index contributed by atoms with van der Waals surface area (Å²) in [5.74, 6) is -0.544. The molecule has 2 amide bonds. The molecule has 4 heteroatoms. The molecule has 2 rings (SSSR count). The minimum atomic E-state index is -0.273. The molecule has 0 radical (unpaired) electrons. The molecule has 22 heavy (non-hydrogen) atoms. The van der Waals surface area contributed by atoms with E-state index in [1.165, 1.54) is 0 Å². The Morgan fingerprint density at radius 2 is 1.41 bits per heavy atom. The first-order valence-electron chi connectivity index (χ1n) is 7.26. The highest BCUT2D eigenvalue weighted by atomic mass is 16.2. The van der Waals surface area contributed by atoms with Crippen LogP contribution in [0.25, 0.3) is 0 Å². The summed E-state index contributed by atoms with van der Waals surface area (Å²) in [6.45, 7) is 2.87. The molecule has 2 aromatic rings. The third-order valence-electron chi connectivity index (χ3n) is 3.23. The van der Waals surface area contributed by atoms with Gasteiger partial charge < -0.3 is 10.6 Å². The number of amides is 2. The molecule has 0 fully saturated rings. The molecule has 0 saturated carbocycles. The summed E-state index contributed by atoms with van der Waals surface area (Å²) >= 11 is 0. The number of benzene rings is 2. The van der Waals surface area contributed by atoms with Crippen LogP contribution in [0.3, 0.4) is 0 Å². The van der Waals surface area contributed by atoms with E-state index in [1.807, 2.05) is 61.5 Å². The predicted molar refractivity (Wildman–Crippen MR) is 85.9 cm³/mol. The van der Waals surface area contributed by atoms with Crippen molar-refractivity contribution >= 4 is 11.8 Å². The summed E-state index contributed by atoms with van der Waals surface area (Å²) in [5.41, 5.74) is 3.18. The van der Waals surface area contributed by atoms with Gasteiger partial charge >= 0.3 is 0 Å². The van der Waals surface area contributed by atoms with Crippen LogP contribution >= 0.6 is 0 Å². The molecular formula is C18H20N2O2. The van der Waals surface area contributed by atoms with E-state index in [4.69, 9.17) is 0 Å². The van der Waals surface area contributed by atoms with Crippen LogP contribution in [0.1, 0.15) is 23.1 Å². The van der Waals surface area contributed by atoms with Crippen molar-refractivity contribution in [3.63, 3.8) is 0 Å². The molecule has 0 heterocycles. The van der Waals surface area contributed by atoms with Crippen molar-refractivity contribution in [1.82, 2.24) is 10.6 Å². The van der Waals surface area contributed by atoms with E-state index in [9.17, 15) is 9.59 Å². The largest absolute Gasteiger partial charge is 0.352 e. The van der Waals surface area contributed by atoms with Gasteiger partial charge in [-0.2, -0.15) is 0 Å². The Morgan fingerprint density at radius 1 is 0.818 bits per heavy atom. The summed E-state index contributed by atoms with van der Waals surface area (Å²) in [5, 5.41) is 5.49. The van der Waals surface area contributed by atoms with Crippen LogP contribution < -0.4 is 10.6 Å². The molecule has 0 aliphatic carbocycles. The van der Waals surface area contributed by atoms with Gasteiger partial charge in [0.25, 0.3) is 0 Å². The van der Waals surface area contributed by atoms with Crippen LogP contribution in [0.15, 0.2) is 54.6 Å². The van der Waals surface area contributed by atoms with Gasteiger partial charge in [-0.1, -0.05) is 60.2 Å². The highest BCUT2D eigenvalue weighted by molar-refractivity contribution is 5.96.